The number of rotatable bonds is 5. The van der Waals surface area contributed by atoms with Crippen molar-refractivity contribution < 1.29 is 14.4 Å². The summed E-state index contributed by atoms with van der Waals surface area (Å²) in [6, 6.07) is 6.92. The number of nitrogens with one attached hydrogen (secondary N) is 1. The van der Waals surface area contributed by atoms with E-state index < -0.39 is 23.8 Å². The van der Waals surface area contributed by atoms with Crippen molar-refractivity contribution in [1.82, 2.24) is 15.1 Å². The van der Waals surface area contributed by atoms with Gasteiger partial charge in [-0.15, -0.1) is 0 Å². The average molecular weight is 315 g/mol. The number of hydrogen-bond donors (Lipinski definition) is 3. The van der Waals surface area contributed by atoms with Gasteiger partial charge in [-0.1, -0.05) is 0 Å². The first kappa shape index (κ1) is 16.2. The monoisotopic (exact) mass is 315 g/mol. The molecule has 0 aliphatic rings. The fourth-order valence-electron chi connectivity index (χ4n) is 2.14. The van der Waals surface area contributed by atoms with Gasteiger partial charge in [0.15, 0.2) is 6.04 Å². The standard InChI is InChI=1S/C15H17N5O3/c1-8-7-9(2)20(19-8)11-5-3-10(4-6-11)15(23)18-12(13(16)21)14(17)22/h3-7,12H,1-2H3,(H2,16,21)(H2,17,22)(H,18,23). The first-order valence-electron chi connectivity index (χ1n) is 6.83. The van der Waals surface area contributed by atoms with E-state index in [9.17, 15) is 14.4 Å². The van der Waals surface area contributed by atoms with Gasteiger partial charge in [0.2, 0.25) is 11.8 Å². The van der Waals surface area contributed by atoms with E-state index in [1.807, 2.05) is 19.9 Å². The Kier molecular flexibility index (Phi) is 4.44. The zero-order chi connectivity index (χ0) is 17.1. The maximum Gasteiger partial charge on any atom is 0.252 e. The molecule has 0 aliphatic heterocycles. The molecule has 0 bridgehead atoms. The van der Waals surface area contributed by atoms with Crippen LogP contribution in [0.3, 0.4) is 0 Å². The lowest BCUT2D eigenvalue weighted by atomic mass is 10.1. The summed E-state index contributed by atoms with van der Waals surface area (Å²) in [6.45, 7) is 3.81. The topological polar surface area (TPSA) is 133 Å². The number of carbonyl (C=O) groups is 3. The molecule has 0 saturated carbocycles. The molecule has 2 rings (SSSR count). The number of hydrogen-bond acceptors (Lipinski definition) is 4. The van der Waals surface area contributed by atoms with Crippen LogP contribution in [0.2, 0.25) is 0 Å². The molecule has 0 spiro atoms. The van der Waals surface area contributed by atoms with Gasteiger partial charge in [0, 0.05) is 11.3 Å². The molecule has 0 saturated heterocycles. The highest BCUT2D eigenvalue weighted by Gasteiger charge is 2.24. The van der Waals surface area contributed by atoms with E-state index in [1.165, 1.54) is 0 Å². The molecule has 0 fully saturated rings. The quantitative estimate of drug-likeness (QED) is 0.645. The van der Waals surface area contributed by atoms with Crippen molar-refractivity contribution in [3.8, 4) is 5.69 Å². The number of primary amides is 2. The highest BCUT2D eigenvalue weighted by molar-refractivity contribution is 6.08. The van der Waals surface area contributed by atoms with Crippen LogP contribution >= 0.6 is 0 Å². The molecule has 1 aromatic heterocycles. The number of amides is 3. The van der Waals surface area contributed by atoms with Gasteiger partial charge in [-0.25, -0.2) is 4.68 Å². The summed E-state index contributed by atoms with van der Waals surface area (Å²) in [5, 5.41) is 6.54. The van der Waals surface area contributed by atoms with Gasteiger partial charge in [0.05, 0.1) is 11.4 Å². The Morgan fingerprint density at radius 2 is 1.65 bits per heavy atom. The molecule has 2 aromatic rings. The SMILES string of the molecule is Cc1cc(C)n(-c2ccc(C(=O)NC(C(N)=O)C(N)=O)cc2)n1. The summed E-state index contributed by atoms with van der Waals surface area (Å²) >= 11 is 0. The normalized spacial score (nSPS) is 10.6. The molecule has 120 valence electrons. The third kappa shape index (κ3) is 3.54. The van der Waals surface area contributed by atoms with Crippen LogP contribution in [-0.2, 0) is 9.59 Å². The van der Waals surface area contributed by atoms with Gasteiger partial charge in [-0.2, -0.15) is 5.10 Å². The van der Waals surface area contributed by atoms with Crippen molar-refractivity contribution in [3.63, 3.8) is 0 Å². The van der Waals surface area contributed by atoms with E-state index in [0.717, 1.165) is 17.1 Å². The molecule has 8 nitrogen and oxygen atoms in total. The van der Waals surface area contributed by atoms with Gasteiger partial charge in [0.25, 0.3) is 5.91 Å². The number of carbonyl (C=O) groups excluding carboxylic acids is 3. The van der Waals surface area contributed by atoms with Gasteiger partial charge in [-0.05, 0) is 44.2 Å². The number of nitrogens with two attached hydrogens (primary N) is 2. The van der Waals surface area contributed by atoms with E-state index in [0.29, 0.717) is 0 Å². The number of aromatic nitrogens is 2. The summed E-state index contributed by atoms with van der Waals surface area (Å²) in [6.07, 6.45) is 0. The molecular weight excluding hydrogens is 298 g/mol. The summed E-state index contributed by atoms with van der Waals surface area (Å²) in [7, 11) is 0. The van der Waals surface area contributed by atoms with Crippen LogP contribution in [0.1, 0.15) is 21.7 Å². The van der Waals surface area contributed by atoms with Gasteiger partial charge >= 0.3 is 0 Å². The summed E-state index contributed by atoms with van der Waals surface area (Å²) in [5.41, 5.74) is 12.9. The molecule has 0 aliphatic carbocycles. The van der Waals surface area contributed by atoms with Crippen LogP contribution in [0.4, 0.5) is 0 Å². The fourth-order valence-corrected chi connectivity index (χ4v) is 2.14. The third-order valence-electron chi connectivity index (χ3n) is 3.23. The molecule has 0 radical (unpaired) electrons. The lowest BCUT2D eigenvalue weighted by Gasteiger charge is -2.12. The second kappa shape index (κ2) is 6.30. The Morgan fingerprint density at radius 1 is 1.09 bits per heavy atom. The summed E-state index contributed by atoms with van der Waals surface area (Å²) < 4.78 is 1.74. The second-order valence-electron chi connectivity index (χ2n) is 5.10. The first-order chi connectivity index (χ1) is 10.8. The van der Waals surface area contributed by atoms with Crippen LogP contribution in [0.25, 0.3) is 5.69 Å². The fraction of sp³-hybridized carbons (Fsp3) is 0.200. The highest BCUT2D eigenvalue weighted by atomic mass is 16.2. The van der Waals surface area contributed by atoms with Crippen LogP contribution in [0, 0.1) is 13.8 Å². The zero-order valence-corrected chi connectivity index (χ0v) is 12.7. The maximum absolute atomic E-state index is 12.0. The lowest BCUT2D eigenvalue weighted by molar-refractivity contribution is -0.128. The van der Waals surface area contributed by atoms with Crippen LogP contribution in [0.5, 0.6) is 0 Å². The molecule has 3 amide bonds. The van der Waals surface area contributed by atoms with Crippen molar-refractivity contribution in [2.45, 2.75) is 19.9 Å². The predicted molar refractivity (Wildman–Crippen MR) is 82.7 cm³/mol. The Balaban J connectivity index is 2.19. The van der Waals surface area contributed by atoms with E-state index in [2.05, 4.69) is 10.4 Å². The highest BCUT2D eigenvalue weighted by Crippen LogP contribution is 2.13. The zero-order valence-electron chi connectivity index (χ0n) is 12.7. The summed E-state index contributed by atoms with van der Waals surface area (Å²) in [5.74, 6) is -2.64. The first-order valence-corrected chi connectivity index (χ1v) is 6.83. The van der Waals surface area contributed by atoms with Gasteiger partial charge in [0.1, 0.15) is 0 Å². The molecule has 23 heavy (non-hydrogen) atoms. The Labute approximate surface area is 132 Å². The van der Waals surface area contributed by atoms with Crippen LogP contribution in [-0.4, -0.2) is 33.5 Å². The van der Waals surface area contributed by atoms with Gasteiger partial charge in [-0.3, -0.25) is 14.4 Å². The van der Waals surface area contributed by atoms with Crippen molar-refractivity contribution in [2.75, 3.05) is 0 Å². The van der Waals surface area contributed by atoms with E-state index >= 15 is 0 Å². The molecule has 0 unspecified atom stereocenters. The predicted octanol–water partition coefficient (Wildman–Crippen LogP) is -0.442. The number of aryl methyl sites for hydroxylation is 2. The number of nitrogens with zero attached hydrogens (tertiary/aromatic N) is 2. The minimum Gasteiger partial charge on any atom is -0.367 e. The molecule has 1 aromatic carbocycles. The molecular formula is C15H17N5O3. The third-order valence-corrected chi connectivity index (χ3v) is 3.23. The van der Waals surface area contributed by atoms with Gasteiger partial charge < -0.3 is 16.8 Å². The largest absolute Gasteiger partial charge is 0.367 e. The van der Waals surface area contributed by atoms with Crippen molar-refractivity contribution in [1.29, 1.82) is 0 Å². The minimum absolute atomic E-state index is 0.266. The Hall–Kier alpha value is -3.16. The molecule has 0 atom stereocenters. The van der Waals surface area contributed by atoms with Crippen molar-refractivity contribution in [2.24, 2.45) is 11.5 Å². The van der Waals surface area contributed by atoms with Crippen LogP contribution < -0.4 is 16.8 Å². The van der Waals surface area contributed by atoms with E-state index in [1.54, 1.807) is 28.9 Å². The molecule has 8 heteroatoms. The molecule has 1 heterocycles. The van der Waals surface area contributed by atoms with E-state index in [4.69, 9.17) is 11.5 Å². The Morgan fingerprint density at radius 3 is 2.09 bits per heavy atom. The smallest absolute Gasteiger partial charge is 0.252 e. The minimum atomic E-state index is -1.54. The maximum atomic E-state index is 12.0. The van der Waals surface area contributed by atoms with Crippen LogP contribution in [0.15, 0.2) is 30.3 Å². The molecule has 5 N–H and O–H groups in total. The average Bonchev–Trinajstić information content (AvgIpc) is 2.82. The Bertz CT molecular complexity index is 750. The van der Waals surface area contributed by atoms with Crippen molar-refractivity contribution in [3.05, 3.63) is 47.3 Å². The van der Waals surface area contributed by atoms with Crippen molar-refractivity contribution >= 4 is 17.7 Å². The second-order valence-corrected chi connectivity index (χ2v) is 5.10. The lowest BCUT2D eigenvalue weighted by Crippen LogP contribution is -2.52. The summed E-state index contributed by atoms with van der Waals surface area (Å²) in [4.78, 5) is 34.2. The van der Waals surface area contributed by atoms with E-state index in [-0.39, 0.29) is 5.56 Å². The number of benzene rings is 1.